The van der Waals surface area contributed by atoms with Crippen molar-refractivity contribution in [2.75, 3.05) is 19.3 Å². The van der Waals surface area contributed by atoms with Gasteiger partial charge in [0.15, 0.2) is 0 Å². The van der Waals surface area contributed by atoms with Crippen molar-refractivity contribution in [2.45, 2.75) is 32.2 Å². The second-order valence-electron chi connectivity index (χ2n) is 3.96. The Morgan fingerprint density at radius 1 is 1.40 bits per heavy atom. The van der Waals surface area contributed by atoms with E-state index in [9.17, 15) is 0 Å². The quantitative estimate of drug-likeness (QED) is 0.562. The Morgan fingerprint density at radius 2 is 2.20 bits per heavy atom. The molecule has 1 nitrogen and oxygen atoms in total. The fourth-order valence-corrected chi connectivity index (χ4v) is 2.66. The van der Waals surface area contributed by atoms with Gasteiger partial charge in [-0.2, -0.15) is 12.6 Å². The minimum atomic E-state index is 0.556. The van der Waals surface area contributed by atoms with Gasteiger partial charge in [-0.1, -0.05) is 12.5 Å². The molecule has 0 radical (unpaired) electrons. The zero-order chi connectivity index (χ0) is 11.1. The number of nitrogens with zero attached hydrogens (tertiary/aromatic N) is 1. The normalized spacial score (nSPS) is 13.3. The highest BCUT2D eigenvalue weighted by atomic mass is 32.1. The highest BCUT2D eigenvalue weighted by molar-refractivity contribution is 7.80. The molecule has 0 amide bonds. The summed E-state index contributed by atoms with van der Waals surface area (Å²) in [4.78, 5) is 3.90. The van der Waals surface area contributed by atoms with Crippen molar-refractivity contribution in [1.82, 2.24) is 4.90 Å². The number of hydrogen-bond acceptors (Lipinski definition) is 3. The molecular formula is C12H21NS2. The zero-order valence-electron chi connectivity index (χ0n) is 9.65. The molecule has 1 atom stereocenters. The van der Waals surface area contributed by atoms with Crippen LogP contribution >= 0.6 is 24.0 Å². The van der Waals surface area contributed by atoms with E-state index in [1.165, 1.54) is 30.7 Å². The van der Waals surface area contributed by atoms with Crippen LogP contribution in [0.15, 0.2) is 17.5 Å². The van der Waals surface area contributed by atoms with E-state index in [1.807, 2.05) is 11.3 Å². The topological polar surface area (TPSA) is 3.24 Å². The Morgan fingerprint density at radius 3 is 2.80 bits per heavy atom. The van der Waals surface area contributed by atoms with Crippen LogP contribution in [0.2, 0.25) is 0 Å². The lowest BCUT2D eigenvalue weighted by molar-refractivity contribution is 0.259. The molecule has 0 saturated carbocycles. The largest absolute Gasteiger partial charge is 0.299 e. The molecule has 15 heavy (non-hydrogen) atoms. The highest BCUT2D eigenvalue weighted by Crippen LogP contribution is 2.23. The van der Waals surface area contributed by atoms with Crippen LogP contribution in [-0.2, 0) is 0 Å². The number of unbranched alkanes of at least 4 members (excludes halogenated alkanes) is 2. The molecule has 0 aliphatic heterocycles. The van der Waals surface area contributed by atoms with Crippen molar-refractivity contribution in [3.63, 3.8) is 0 Å². The number of thiol groups is 1. The molecule has 0 aliphatic carbocycles. The van der Waals surface area contributed by atoms with Crippen molar-refractivity contribution in [3.8, 4) is 0 Å². The van der Waals surface area contributed by atoms with Crippen molar-refractivity contribution < 1.29 is 0 Å². The Balaban J connectivity index is 2.24. The van der Waals surface area contributed by atoms with Crippen molar-refractivity contribution in [1.29, 1.82) is 0 Å². The zero-order valence-corrected chi connectivity index (χ0v) is 11.4. The van der Waals surface area contributed by atoms with Gasteiger partial charge in [-0.15, -0.1) is 11.3 Å². The fourth-order valence-electron chi connectivity index (χ4n) is 1.59. The minimum Gasteiger partial charge on any atom is -0.299 e. The van der Waals surface area contributed by atoms with Crippen molar-refractivity contribution in [2.24, 2.45) is 0 Å². The summed E-state index contributed by atoms with van der Waals surface area (Å²) >= 11 is 6.07. The molecule has 1 rings (SSSR count). The average molecular weight is 243 g/mol. The van der Waals surface area contributed by atoms with E-state index in [-0.39, 0.29) is 0 Å². The smallest absolute Gasteiger partial charge is 0.0410 e. The summed E-state index contributed by atoms with van der Waals surface area (Å²) in [5.74, 6) is 1.02. The van der Waals surface area contributed by atoms with E-state index < -0.39 is 0 Å². The van der Waals surface area contributed by atoms with Crippen molar-refractivity contribution >= 4 is 24.0 Å². The molecule has 1 unspecified atom stereocenters. The van der Waals surface area contributed by atoms with Crippen molar-refractivity contribution in [3.05, 3.63) is 22.4 Å². The lowest BCUT2D eigenvalue weighted by Gasteiger charge is -2.23. The van der Waals surface area contributed by atoms with Gasteiger partial charge in [0.1, 0.15) is 0 Å². The molecule has 0 aliphatic rings. The first-order valence-corrected chi connectivity index (χ1v) is 7.11. The van der Waals surface area contributed by atoms with Crippen LogP contribution < -0.4 is 0 Å². The molecule has 0 saturated heterocycles. The van der Waals surface area contributed by atoms with Crippen LogP contribution in [0.3, 0.4) is 0 Å². The van der Waals surface area contributed by atoms with Crippen LogP contribution in [0.5, 0.6) is 0 Å². The standard InChI is InChI=1S/C12H21NS2/c1-11(12-7-6-10-15-12)13(2)8-4-3-5-9-14/h6-7,10-11,14H,3-5,8-9H2,1-2H3. The SMILES string of the molecule is CC(c1cccs1)N(C)CCCCCS. The van der Waals surface area contributed by atoms with Gasteiger partial charge in [0, 0.05) is 10.9 Å². The van der Waals surface area contributed by atoms with E-state index in [0.29, 0.717) is 6.04 Å². The molecule has 1 heterocycles. The van der Waals surface area contributed by atoms with Gasteiger partial charge in [0.05, 0.1) is 0 Å². The molecule has 86 valence electrons. The summed E-state index contributed by atoms with van der Waals surface area (Å²) in [5.41, 5.74) is 0. The number of rotatable bonds is 7. The molecule has 3 heteroatoms. The van der Waals surface area contributed by atoms with E-state index in [4.69, 9.17) is 0 Å². The summed E-state index contributed by atoms with van der Waals surface area (Å²) in [6, 6.07) is 4.91. The van der Waals surface area contributed by atoms with Gasteiger partial charge >= 0.3 is 0 Å². The molecule has 0 spiro atoms. The third-order valence-electron chi connectivity index (χ3n) is 2.79. The van der Waals surface area contributed by atoms with Gasteiger partial charge in [0.2, 0.25) is 0 Å². The van der Waals surface area contributed by atoms with Crippen LogP contribution in [-0.4, -0.2) is 24.2 Å². The highest BCUT2D eigenvalue weighted by Gasteiger charge is 2.11. The molecule has 0 bridgehead atoms. The lowest BCUT2D eigenvalue weighted by Crippen LogP contribution is -2.22. The monoisotopic (exact) mass is 243 g/mol. The summed E-state index contributed by atoms with van der Waals surface area (Å²) in [5, 5.41) is 2.15. The summed E-state index contributed by atoms with van der Waals surface area (Å²) in [6.45, 7) is 3.47. The maximum Gasteiger partial charge on any atom is 0.0410 e. The maximum absolute atomic E-state index is 4.22. The third-order valence-corrected chi connectivity index (χ3v) is 4.14. The predicted molar refractivity (Wildman–Crippen MR) is 73.1 cm³/mol. The van der Waals surface area contributed by atoms with E-state index in [1.54, 1.807) is 0 Å². The second kappa shape index (κ2) is 7.31. The average Bonchev–Trinajstić information content (AvgIpc) is 2.76. The van der Waals surface area contributed by atoms with Gasteiger partial charge in [-0.25, -0.2) is 0 Å². The molecule has 0 N–H and O–H groups in total. The second-order valence-corrected chi connectivity index (χ2v) is 5.38. The minimum absolute atomic E-state index is 0.556. The van der Waals surface area contributed by atoms with E-state index in [0.717, 1.165) is 5.75 Å². The third kappa shape index (κ3) is 4.58. The molecule has 1 aromatic heterocycles. The summed E-state index contributed by atoms with van der Waals surface area (Å²) < 4.78 is 0. The maximum atomic E-state index is 4.22. The fraction of sp³-hybridized carbons (Fsp3) is 0.667. The number of thiophene rings is 1. The van der Waals surface area contributed by atoms with E-state index in [2.05, 4.69) is 49.0 Å². The van der Waals surface area contributed by atoms with E-state index >= 15 is 0 Å². The Labute approximate surface area is 103 Å². The van der Waals surface area contributed by atoms with Crippen LogP contribution in [0.1, 0.15) is 37.1 Å². The van der Waals surface area contributed by atoms with Gasteiger partial charge in [-0.3, -0.25) is 4.90 Å². The first kappa shape index (κ1) is 13.1. The first-order valence-electron chi connectivity index (χ1n) is 5.60. The van der Waals surface area contributed by atoms with Gasteiger partial charge in [-0.05, 0) is 50.6 Å². The van der Waals surface area contributed by atoms with Crippen LogP contribution in [0.25, 0.3) is 0 Å². The Hall–Kier alpha value is 0.01000. The predicted octanol–water partition coefficient (Wildman–Crippen LogP) is 3.84. The van der Waals surface area contributed by atoms with Crippen LogP contribution in [0.4, 0.5) is 0 Å². The van der Waals surface area contributed by atoms with Gasteiger partial charge < -0.3 is 0 Å². The Kier molecular flexibility index (Phi) is 6.37. The lowest BCUT2D eigenvalue weighted by atomic mass is 10.2. The summed E-state index contributed by atoms with van der Waals surface area (Å²) in [6.07, 6.45) is 3.82. The first-order chi connectivity index (χ1) is 7.25. The van der Waals surface area contributed by atoms with Gasteiger partial charge in [0.25, 0.3) is 0 Å². The number of hydrogen-bond donors (Lipinski definition) is 1. The Bertz CT molecular complexity index is 246. The van der Waals surface area contributed by atoms with Crippen LogP contribution in [0, 0.1) is 0 Å². The molecule has 0 fully saturated rings. The summed E-state index contributed by atoms with van der Waals surface area (Å²) in [7, 11) is 2.21. The molecule has 1 aromatic rings. The molecular weight excluding hydrogens is 222 g/mol. The molecule has 0 aromatic carbocycles.